The second-order valence-corrected chi connectivity index (χ2v) is 6.10. The molecule has 0 fully saturated rings. The SMILES string of the molecule is CC(C)COCN(COCC(C)C)Cc1ccccc1. The molecule has 3 nitrogen and oxygen atoms in total. The highest BCUT2D eigenvalue weighted by molar-refractivity contribution is 5.14. The van der Waals surface area contributed by atoms with Crippen LogP contribution in [0.1, 0.15) is 33.3 Å². The Morgan fingerprint density at radius 1 is 0.850 bits per heavy atom. The summed E-state index contributed by atoms with van der Waals surface area (Å²) in [6.07, 6.45) is 0. The molecule has 3 heteroatoms. The first-order valence-electron chi connectivity index (χ1n) is 7.49. The first-order chi connectivity index (χ1) is 9.58. The minimum absolute atomic E-state index is 0.560. The summed E-state index contributed by atoms with van der Waals surface area (Å²) in [6, 6.07) is 10.4. The normalized spacial score (nSPS) is 11.8. The van der Waals surface area contributed by atoms with Crippen molar-refractivity contribution >= 4 is 0 Å². The van der Waals surface area contributed by atoms with E-state index < -0.39 is 0 Å². The van der Waals surface area contributed by atoms with E-state index in [1.165, 1.54) is 5.56 Å². The Morgan fingerprint density at radius 3 is 1.80 bits per heavy atom. The summed E-state index contributed by atoms with van der Waals surface area (Å²) in [6.45, 7) is 12.3. The molecule has 0 N–H and O–H groups in total. The minimum Gasteiger partial charge on any atom is -0.366 e. The predicted molar refractivity (Wildman–Crippen MR) is 83.3 cm³/mol. The van der Waals surface area contributed by atoms with Gasteiger partial charge in [-0.15, -0.1) is 0 Å². The predicted octanol–water partition coefficient (Wildman–Crippen LogP) is 3.75. The summed E-state index contributed by atoms with van der Waals surface area (Å²) >= 11 is 0. The van der Waals surface area contributed by atoms with E-state index in [4.69, 9.17) is 9.47 Å². The van der Waals surface area contributed by atoms with Gasteiger partial charge in [-0.2, -0.15) is 0 Å². The van der Waals surface area contributed by atoms with Gasteiger partial charge in [0.05, 0.1) is 13.2 Å². The monoisotopic (exact) mass is 279 g/mol. The van der Waals surface area contributed by atoms with Crippen molar-refractivity contribution in [3.8, 4) is 0 Å². The molecule has 114 valence electrons. The maximum absolute atomic E-state index is 5.73. The summed E-state index contributed by atoms with van der Waals surface area (Å²) in [5.41, 5.74) is 1.29. The molecule has 0 radical (unpaired) electrons. The average molecular weight is 279 g/mol. The standard InChI is InChI=1S/C17H29NO2/c1-15(2)11-19-13-18(14-20-12-16(3)4)10-17-8-6-5-7-9-17/h5-9,15-16H,10-14H2,1-4H3. The largest absolute Gasteiger partial charge is 0.366 e. The Kier molecular flexibility index (Phi) is 8.51. The Bertz CT molecular complexity index is 324. The van der Waals surface area contributed by atoms with Crippen LogP contribution in [0.5, 0.6) is 0 Å². The van der Waals surface area contributed by atoms with E-state index in [1.54, 1.807) is 0 Å². The minimum atomic E-state index is 0.560. The summed E-state index contributed by atoms with van der Waals surface area (Å²) in [7, 11) is 0. The molecule has 1 rings (SSSR count). The third-order valence-electron chi connectivity index (χ3n) is 2.70. The van der Waals surface area contributed by atoms with E-state index in [1.807, 2.05) is 6.07 Å². The van der Waals surface area contributed by atoms with E-state index in [-0.39, 0.29) is 0 Å². The van der Waals surface area contributed by atoms with E-state index >= 15 is 0 Å². The van der Waals surface area contributed by atoms with Crippen LogP contribution in [0.4, 0.5) is 0 Å². The zero-order valence-electron chi connectivity index (χ0n) is 13.3. The molecule has 0 bridgehead atoms. The summed E-state index contributed by atoms with van der Waals surface area (Å²) < 4.78 is 11.5. The second kappa shape index (κ2) is 9.92. The fourth-order valence-electron chi connectivity index (χ4n) is 1.81. The van der Waals surface area contributed by atoms with Crippen LogP contribution in [0.2, 0.25) is 0 Å². The molecule has 0 aliphatic carbocycles. The van der Waals surface area contributed by atoms with Gasteiger partial charge in [-0.1, -0.05) is 58.0 Å². The van der Waals surface area contributed by atoms with Crippen LogP contribution in [-0.2, 0) is 16.0 Å². The molecule has 0 saturated carbocycles. The first kappa shape index (κ1) is 17.2. The third kappa shape index (κ3) is 8.31. The van der Waals surface area contributed by atoms with Crippen LogP contribution in [0.3, 0.4) is 0 Å². The van der Waals surface area contributed by atoms with Crippen LogP contribution in [-0.4, -0.2) is 31.6 Å². The fraction of sp³-hybridized carbons (Fsp3) is 0.647. The molecule has 1 aromatic carbocycles. The van der Waals surface area contributed by atoms with Crippen molar-refractivity contribution in [2.45, 2.75) is 34.2 Å². The van der Waals surface area contributed by atoms with Gasteiger partial charge in [0.2, 0.25) is 0 Å². The zero-order valence-corrected chi connectivity index (χ0v) is 13.3. The quantitative estimate of drug-likeness (QED) is 0.609. The Balaban J connectivity index is 2.41. The van der Waals surface area contributed by atoms with Gasteiger partial charge in [-0.05, 0) is 17.4 Å². The van der Waals surface area contributed by atoms with E-state index in [0.29, 0.717) is 25.3 Å². The molecule has 20 heavy (non-hydrogen) atoms. The molecule has 0 amide bonds. The molecular weight excluding hydrogens is 250 g/mol. The van der Waals surface area contributed by atoms with Gasteiger partial charge < -0.3 is 9.47 Å². The van der Waals surface area contributed by atoms with Crippen LogP contribution in [0, 0.1) is 11.8 Å². The molecule has 0 unspecified atom stereocenters. The van der Waals surface area contributed by atoms with Crippen molar-refractivity contribution in [3.63, 3.8) is 0 Å². The molecular formula is C17H29NO2. The van der Waals surface area contributed by atoms with Gasteiger partial charge in [-0.25, -0.2) is 0 Å². The highest BCUT2D eigenvalue weighted by atomic mass is 16.5. The first-order valence-corrected chi connectivity index (χ1v) is 7.49. The van der Waals surface area contributed by atoms with Crippen molar-refractivity contribution in [2.75, 3.05) is 26.7 Å². The molecule has 0 aliphatic rings. The lowest BCUT2D eigenvalue weighted by molar-refractivity contribution is -0.0594. The molecule has 0 heterocycles. The van der Waals surface area contributed by atoms with Gasteiger partial charge in [0.25, 0.3) is 0 Å². The van der Waals surface area contributed by atoms with E-state index in [0.717, 1.165) is 19.8 Å². The summed E-state index contributed by atoms with van der Waals surface area (Å²) in [5, 5.41) is 0. The molecule has 0 spiro atoms. The third-order valence-corrected chi connectivity index (χ3v) is 2.70. The molecule has 0 saturated heterocycles. The van der Waals surface area contributed by atoms with Gasteiger partial charge in [0.15, 0.2) is 0 Å². The number of hydrogen-bond acceptors (Lipinski definition) is 3. The lowest BCUT2D eigenvalue weighted by atomic mass is 10.2. The van der Waals surface area contributed by atoms with Gasteiger partial charge in [-0.3, -0.25) is 4.90 Å². The van der Waals surface area contributed by atoms with Crippen LogP contribution in [0.15, 0.2) is 30.3 Å². The number of ether oxygens (including phenoxy) is 2. The van der Waals surface area contributed by atoms with Crippen molar-refractivity contribution in [1.82, 2.24) is 4.90 Å². The average Bonchev–Trinajstić information content (AvgIpc) is 2.38. The van der Waals surface area contributed by atoms with Gasteiger partial charge >= 0.3 is 0 Å². The Morgan fingerprint density at radius 2 is 1.35 bits per heavy atom. The number of nitrogens with zero attached hydrogens (tertiary/aromatic N) is 1. The highest BCUT2D eigenvalue weighted by Crippen LogP contribution is 2.06. The Hall–Kier alpha value is -0.900. The van der Waals surface area contributed by atoms with Gasteiger partial charge in [0.1, 0.15) is 13.5 Å². The molecule has 0 aliphatic heterocycles. The van der Waals surface area contributed by atoms with E-state index in [9.17, 15) is 0 Å². The topological polar surface area (TPSA) is 21.7 Å². The molecule has 0 aromatic heterocycles. The summed E-state index contributed by atoms with van der Waals surface area (Å²) in [4.78, 5) is 2.19. The number of hydrogen-bond donors (Lipinski definition) is 0. The van der Waals surface area contributed by atoms with Crippen molar-refractivity contribution in [2.24, 2.45) is 11.8 Å². The van der Waals surface area contributed by atoms with Crippen molar-refractivity contribution in [3.05, 3.63) is 35.9 Å². The maximum Gasteiger partial charge on any atom is 0.101 e. The highest BCUT2D eigenvalue weighted by Gasteiger charge is 2.07. The van der Waals surface area contributed by atoms with Gasteiger partial charge in [0, 0.05) is 6.54 Å². The summed E-state index contributed by atoms with van der Waals surface area (Å²) in [5.74, 6) is 1.12. The molecule has 1 aromatic rings. The lowest BCUT2D eigenvalue weighted by Crippen LogP contribution is -2.30. The van der Waals surface area contributed by atoms with Crippen molar-refractivity contribution in [1.29, 1.82) is 0 Å². The lowest BCUT2D eigenvalue weighted by Gasteiger charge is -2.23. The maximum atomic E-state index is 5.73. The Labute approximate surface area is 123 Å². The van der Waals surface area contributed by atoms with Crippen LogP contribution in [0.25, 0.3) is 0 Å². The number of benzene rings is 1. The number of rotatable bonds is 10. The van der Waals surface area contributed by atoms with E-state index in [2.05, 4.69) is 56.9 Å². The fourth-order valence-corrected chi connectivity index (χ4v) is 1.81. The zero-order chi connectivity index (χ0) is 14.8. The smallest absolute Gasteiger partial charge is 0.101 e. The molecule has 0 atom stereocenters. The van der Waals surface area contributed by atoms with Crippen LogP contribution < -0.4 is 0 Å². The second-order valence-electron chi connectivity index (χ2n) is 6.10. The van der Waals surface area contributed by atoms with Crippen LogP contribution >= 0.6 is 0 Å². The van der Waals surface area contributed by atoms with Crippen molar-refractivity contribution < 1.29 is 9.47 Å².